The summed E-state index contributed by atoms with van der Waals surface area (Å²) in [5.41, 5.74) is 1.02. The highest BCUT2D eigenvalue weighted by Crippen LogP contribution is 2.25. The van der Waals surface area contributed by atoms with Crippen LogP contribution in [0.5, 0.6) is 0 Å². The summed E-state index contributed by atoms with van der Waals surface area (Å²) in [6, 6.07) is 4.10. The molecule has 2 heterocycles. The molecular formula is C12H11FN2O2. The van der Waals surface area contributed by atoms with E-state index in [4.69, 9.17) is 0 Å². The zero-order chi connectivity index (χ0) is 12.0. The van der Waals surface area contributed by atoms with Gasteiger partial charge in [0.25, 0.3) is 5.91 Å². The van der Waals surface area contributed by atoms with Crippen LogP contribution in [0.15, 0.2) is 18.2 Å². The molecule has 1 N–H and O–H groups in total. The van der Waals surface area contributed by atoms with Crippen LogP contribution in [0.3, 0.4) is 0 Å². The van der Waals surface area contributed by atoms with Crippen molar-refractivity contribution in [1.82, 2.24) is 10.2 Å². The van der Waals surface area contributed by atoms with E-state index < -0.39 is 5.82 Å². The molecule has 1 aromatic carbocycles. The van der Waals surface area contributed by atoms with Crippen LogP contribution in [0.2, 0.25) is 0 Å². The summed E-state index contributed by atoms with van der Waals surface area (Å²) in [5, 5.41) is 2.75. The van der Waals surface area contributed by atoms with E-state index in [1.165, 1.54) is 12.1 Å². The normalized spacial score (nSPS) is 22.9. The highest BCUT2D eigenvalue weighted by Gasteiger charge is 2.35. The van der Waals surface area contributed by atoms with Crippen LogP contribution in [0.4, 0.5) is 4.39 Å². The van der Waals surface area contributed by atoms with Gasteiger partial charge in [-0.2, -0.15) is 0 Å². The highest BCUT2D eigenvalue weighted by atomic mass is 19.1. The van der Waals surface area contributed by atoms with Crippen molar-refractivity contribution >= 4 is 11.8 Å². The Balaban J connectivity index is 2.05. The third-order valence-electron chi connectivity index (χ3n) is 3.28. The average Bonchev–Trinajstić information content (AvgIpc) is 2.56. The van der Waals surface area contributed by atoms with E-state index in [1.807, 2.05) is 0 Å². The zero-order valence-electron chi connectivity index (χ0n) is 9.07. The number of hydrogen-bond acceptors (Lipinski definition) is 2. The van der Waals surface area contributed by atoms with E-state index in [1.54, 1.807) is 11.0 Å². The van der Waals surface area contributed by atoms with Crippen molar-refractivity contribution in [2.24, 2.45) is 0 Å². The van der Waals surface area contributed by atoms with Gasteiger partial charge in [0, 0.05) is 18.5 Å². The van der Waals surface area contributed by atoms with Gasteiger partial charge in [-0.15, -0.1) is 0 Å². The number of halogens is 1. The Bertz CT molecular complexity index is 515. The number of nitrogens with zero attached hydrogens (tertiary/aromatic N) is 1. The Morgan fingerprint density at radius 2 is 2.18 bits per heavy atom. The molecule has 1 fully saturated rings. The van der Waals surface area contributed by atoms with Gasteiger partial charge >= 0.3 is 0 Å². The van der Waals surface area contributed by atoms with Crippen LogP contribution >= 0.6 is 0 Å². The van der Waals surface area contributed by atoms with E-state index in [9.17, 15) is 14.0 Å². The van der Waals surface area contributed by atoms with Gasteiger partial charge in [0.05, 0.1) is 0 Å². The number of rotatable bonds is 0. The molecular weight excluding hydrogens is 223 g/mol. The van der Waals surface area contributed by atoms with Crippen LogP contribution in [0, 0.1) is 5.82 Å². The standard InChI is InChI=1S/C12H11FN2O2/c13-8-2-1-7-6-15-10(3-4-11(15)16)14-12(17)9(7)5-8/h1-2,5,10H,3-4,6H2,(H,14,17). The van der Waals surface area contributed by atoms with Crippen LogP contribution in [0.1, 0.15) is 28.8 Å². The third-order valence-corrected chi connectivity index (χ3v) is 3.28. The van der Waals surface area contributed by atoms with Crippen molar-refractivity contribution in [1.29, 1.82) is 0 Å². The van der Waals surface area contributed by atoms with Gasteiger partial charge in [-0.05, 0) is 24.1 Å². The predicted molar refractivity (Wildman–Crippen MR) is 57.4 cm³/mol. The van der Waals surface area contributed by atoms with Gasteiger partial charge in [-0.25, -0.2) is 4.39 Å². The molecule has 5 heteroatoms. The fourth-order valence-corrected chi connectivity index (χ4v) is 2.39. The molecule has 3 rings (SSSR count). The second kappa shape index (κ2) is 3.55. The van der Waals surface area contributed by atoms with Crippen molar-refractivity contribution in [3.05, 3.63) is 35.1 Å². The van der Waals surface area contributed by atoms with Crippen molar-refractivity contribution in [3.8, 4) is 0 Å². The van der Waals surface area contributed by atoms with E-state index in [-0.39, 0.29) is 18.0 Å². The Hall–Kier alpha value is -1.91. The molecule has 0 aliphatic carbocycles. The molecule has 2 aliphatic heterocycles. The third kappa shape index (κ3) is 1.58. The molecule has 0 aromatic heterocycles. The smallest absolute Gasteiger partial charge is 0.253 e. The first-order valence-electron chi connectivity index (χ1n) is 5.54. The molecule has 2 aliphatic rings. The van der Waals surface area contributed by atoms with Crippen molar-refractivity contribution < 1.29 is 14.0 Å². The minimum absolute atomic E-state index is 0.0347. The minimum atomic E-state index is -0.438. The van der Waals surface area contributed by atoms with E-state index in [0.717, 1.165) is 0 Å². The maximum Gasteiger partial charge on any atom is 0.253 e. The Morgan fingerprint density at radius 1 is 1.35 bits per heavy atom. The molecule has 1 unspecified atom stereocenters. The number of nitrogens with one attached hydrogen (secondary N) is 1. The highest BCUT2D eigenvalue weighted by molar-refractivity contribution is 5.97. The molecule has 2 amide bonds. The molecule has 17 heavy (non-hydrogen) atoms. The molecule has 1 atom stereocenters. The monoisotopic (exact) mass is 234 g/mol. The molecule has 0 bridgehead atoms. The van der Waals surface area contributed by atoms with Crippen molar-refractivity contribution in [2.75, 3.05) is 0 Å². The number of carbonyl (C=O) groups is 2. The van der Waals surface area contributed by atoms with E-state index >= 15 is 0 Å². The summed E-state index contributed by atoms with van der Waals surface area (Å²) in [6.07, 6.45) is 0.841. The lowest BCUT2D eigenvalue weighted by Crippen LogP contribution is -2.42. The number of hydrogen-bond donors (Lipinski definition) is 1. The maximum atomic E-state index is 13.1. The van der Waals surface area contributed by atoms with Crippen molar-refractivity contribution in [3.63, 3.8) is 0 Å². The summed E-state index contributed by atoms with van der Waals surface area (Å²) in [7, 11) is 0. The first-order valence-corrected chi connectivity index (χ1v) is 5.54. The first kappa shape index (κ1) is 10.3. The lowest BCUT2D eigenvalue weighted by molar-refractivity contribution is -0.129. The Kier molecular flexibility index (Phi) is 2.14. The lowest BCUT2D eigenvalue weighted by atomic mass is 10.1. The van der Waals surface area contributed by atoms with Crippen LogP contribution in [-0.4, -0.2) is 22.9 Å². The molecule has 0 saturated carbocycles. The fraction of sp³-hybridized carbons (Fsp3) is 0.333. The summed E-state index contributed by atoms with van der Waals surface area (Å²) >= 11 is 0. The van der Waals surface area contributed by atoms with Gasteiger partial charge in [0.2, 0.25) is 5.91 Å². The second-order valence-corrected chi connectivity index (χ2v) is 4.35. The molecule has 0 spiro atoms. The van der Waals surface area contributed by atoms with Crippen molar-refractivity contribution in [2.45, 2.75) is 25.6 Å². The largest absolute Gasteiger partial charge is 0.332 e. The molecule has 88 valence electrons. The Labute approximate surface area is 97.4 Å². The lowest BCUT2D eigenvalue weighted by Gasteiger charge is -2.22. The summed E-state index contributed by atoms with van der Waals surface area (Å²) in [4.78, 5) is 25.2. The average molecular weight is 234 g/mol. The van der Waals surface area contributed by atoms with Crippen LogP contribution in [0.25, 0.3) is 0 Å². The molecule has 1 saturated heterocycles. The molecule has 0 radical (unpaired) electrons. The maximum absolute atomic E-state index is 13.1. The van der Waals surface area contributed by atoms with Gasteiger partial charge in [-0.3, -0.25) is 9.59 Å². The first-order chi connectivity index (χ1) is 8.15. The van der Waals surface area contributed by atoms with E-state index in [0.29, 0.717) is 30.5 Å². The quantitative estimate of drug-likeness (QED) is 0.728. The van der Waals surface area contributed by atoms with Gasteiger partial charge in [0.1, 0.15) is 12.0 Å². The van der Waals surface area contributed by atoms with Crippen LogP contribution < -0.4 is 5.32 Å². The summed E-state index contributed by atoms with van der Waals surface area (Å²) in [6.45, 7) is 0.373. The van der Waals surface area contributed by atoms with E-state index in [2.05, 4.69) is 5.32 Å². The summed E-state index contributed by atoms with van der Waals surface area (Å²) in [5.74, 6) is -0.707. The number of carbonyl (C=O) groups excluding carboxylic acids is 2. The minimum Gasteiger partial charge on any atom is -0.332 e. The Morgan fingerprint density at radius 3 is 3.00 bits per heavy atom. The zero-order valence-corrected chi connectivity index (χ0v) is 9.07. The fourth-order valence-electron chi connectivity index (χ4n) is 2.39. The number of benzene rings is 1. The molecule has 4 nitrogen and oxygen atoms in total. The van der Waals surface area contributed by atoms with Gasteiger partial charge < -0.3 is 10.2 Å². The number of amides is 2. The van der Waals surface area contributed by atoms with Gasteiger partial charge in [0.15, 0.2) is 0 Å². The topological polar surface area (TPSA) is 49.4 Å². The predicted octanol–water partition coefficient (Wildman–Crippen LogP) is 1.02. The SMILES string of the molecule is O=C1NC2CCC(=O)N2Cc2ccc(F)cc21. The second-order valence-electron chi connectivity index (χ2n) is 4.35. The molecule has 1 aromatic rings. The number of fused-ring (bicyclic) bond motifs is 2. The van der Waals surface area contributed by atoms with Gasteiger partial charge in [-0.1, -0.05) is 6.07 Å². The summed E-state index contributed by atoms with van der Waals surface area (Å²) < 4.78 is 13.1. The van der Waals surface area contributed by atoms with Crippen LogP contribution in [-0.2, 0) is 11.3 Å².